The summed E-state index contributed by atoms with van der Waals surface area (Å²) in [5, 5.41) is 3.05. The number of nitrogens with two attached hydrogens (primary N) is 1. The number of ether oxygens (including phenoxy) is 1. The van der Waals surface area contributed by atoms with Gasteiger partial charge in [-0.2, -0.15) is 0 Å². The zero-order valence-electron chi connectivity index (χ0n) is 11.4. The number of rotatable bonds is 5. The van der Waals surface area contributed by atoms with Crippen molar-refractivity contribution in [2.75, 3.05) is 19.5 Å². The summed E-state index contributed by atoms with van der Waals surface area (Å²) in [6.45, 7) is 2.91. The van der Waals surface area contributed by atoms with Gasteiger partial charge in [0.05, 0.1) is 12.6 Å². The predicted molar refractivity (Wildman–Crippen MR) is 74.6 cm³/mol. The lowest BCUT2D eigenvalue weighted by Gasteiger charge is -2.10. The van der Waals surface area contributed by atoms with E-state index in [-0.39, 0.29) is 0 Å². The van der Waals surface area contributed by atoms with Gasteiger partial charge in [-0.15, -0.1) is 0 Å². The number of aryl methyl sites for hydroxylation is 1. The minimum atomic E-state index is -0.490. The van der Waals surface area contributed by atoms with E-state index in [0.717, 1.165) is 24.4 Å². The zero-order valence-corrected chi connectivity index (χ0v) is 11.4. The molecular weight excluding hydrogens is 244 g/mol. The van der Waals surface area contributed by atoms with Crippen molar-refractivity contribution in [3.63, 3.8) is 0 Å². The molecule has 1 heterocycles. The molecule has 0 radical (unpaired) electrons. The van der Waals surface area contributed by atoms with Crippen molar-refractivity contribution in [3.8, 4) is 5.75 Å². The fraction of sp³-hybridized carbons (Fsp3) is 0.385. The van der Waals surface area contributed by atoms with Gasteiger partial charge in [0.1, 0.15) is 11.3 Å². The number of primary amides is 1. The number of aromatic nitrogens is 2. The first-order valence-electron chi connectivity index (χ1n) is 6.18. The van der Waals surface area contributed by atoms with Gasteiger partial charge < -0.3 is 20.4 Å². The van der Waals surface area contributed by atoms with E-state index in [0.29, 0.717) is 16.8 Å². The normalized spacial score (nSPS) is 10.7. The topological polar surface area (TPSA) is 82.2 Å². The molecule has 6 heteroatoms. The monoisotopic (exact) mass is 262 g/mol. The van der Waals surface area contributed by atoms with Crippen LogP contribution < -0.4 is 15.8 Å². The van der Waals surface area contributed by atoms with Gasteiger partial charge in [-0.3, -0.25) is 4.79 Å². The molecule has 0 atom stereocenters. The van der Waals surface area contributed by atoms with Crippen LogP contribution in [0.2, 0.25) is 0 Å². The molecule has 1 aromatic heterocycles. The summed E-state index contributed by atoms with van der Waals surface area (Å²) in [5.74, 6) is 0.863. The molecule has 0 fully saturated rings. The Labute approximate surface area is 111 Å². The van der Waals surface area contributed by atoms with Crippen molar-refractivity contribution in [2.24, 2.45) is 5.73 Å². The molecule has 19 heavy (non-hydrogen) atoms. The van der Waals surface area contributed by atoms with Crippen LogP contribution in [0.5, 0.6) is 5.75 Å². The smallest absolute Gasteiger partial charge is 0.248 e. The van der Waals surface area contributed by atoms with Gasteiger partial charge >= 0.3 is 0 Å². The van der Waals surface area contributed by atoms with E-state index in [1.807, 2.05) is 11.6 Å². The van der Waals surface area contributed by atoms with Crippen molar-refractivity contribution in [2.45, 2.75) is 19.9 Å². The summed E-state index contributed by atoms with van der Waals surface area (Å²) in [6, 6.07) is 3.34. The van der Waals surface area contributed by atoms with Gasteiger partial charge in [0, 0.05) is 19.2 Å². The van der Waals surface area contributed by atoms with Gasteiger partial charge in [-0.05, 0) is 18.6 Å². The predicted octanol–water partition coefficient (Wildman–Crippen LogP) is 1.60. The minimum absolute atomic E-state index is 0.396. The first-order chi connectivity index (χ1) is 9.12. The largest absolute Gasteiger partial charge is 0.494 e. The Morgan fingerprint density at radius 2 is 2.26 bits per heavy atom. The van der Waals surface area contributed by atoms with Gasteiger partial charge in [0.25, 0.3) is 0 Å². The van der Waals surface area contributed by atoms with Gasteiger partial charge in [0.2, 0.25) is 11.9 Å². The number of nitrogens with zero attached hydrogens (tertiary/aromatic N) is 2. The summed E-state index contributed by atoms with van der Waals surface area (Å²) in [5.41, 5.74) is 7.29. The molecule has 0 spiro atoms. The third-order valence-electron chi connectivity index (χ3n) is 2.98. The molecule has 2 aromatic rings. The molecule has 0 aliphatic carbocycles. The zero-order chi connectivity index (χ0) is 14.0. The molecule has 3 N–H and O–H groups in total. The van der Waals surface area contributed by atoms with Crippen molar-refractivity contribution < 1.29 is 9.53 Å². The maximum atomic E-state index is 11.3. The van der Waals surface area contributed by atoms with E-state index >= 15 is 0 Å². The van der Waals surface area contributed by atoms with Crippen LogP contribution in [0.25, 0.3) is 11.0 Å². The van der Waals surface area contributed by atoms with Crippen molar-refractivity contribution in [1.29, 1.82) is 0 Å². The lowest BCUT2D eigenvalue weighted by atomic mass is 10.1. The van der Waals surface area contributed by atoms with Crippen LogP contribution in [0.3, 0.4) is 0 Å². The van der Waals surface area contributed by atoms with E-state index in [2.05, 4.69) is 17.2 Å². The van der Waals surface area contributed by atoms with Crippen LogP contribution in [0, 0.1) is 0 Å². The quantitative estimate of drug-likeness (QED) is 0.857. The number of carbonyl (C=O) groups is 1. The summed E-state index contributed by atoms with van der Waals surface area (Å²) >= 11 is 0. The Morgan fingerprint density at radius 3 is 2.79 bits per heavy atom. The Morgan fingerprint density at radius 1 is 1.53 bits per heavy atom. The highest BCUT2D eigenvalue weighted by Crippen LogP contribution is 2.30. The summed E-state index contributed by atoms with van der Waals surface area (Å²) in [7, 11) is 3.39. The molecule has 6 nitrogen and oxygen atoms in total. The number of methoxy groups -OCH3 is 1. The highest BCUT2D eigenvalue weighted by Gasteiger charge is 2.16. The number of imidazole rings is 1. The van der Waals surface area contributed by atoms with Crippen LogP contribution >= 0.6 is 0 Å². The number of carbonyl (C=O) groups excluding carboxylic acids is 1. The lowest BCUT2D eigenvalue weighted by molar-refractivity contribution is 0.1000. The summed E-state index contributed by atoms with van der Waals surface area (Å²) in [6.07, 6.45) is 0.973. The molecule has 0 aliphatic heterocycles. The second-order valence-electron chi connectivity index (χ2n) is 4.25. The summed E-state index contributed by atoms with van der Waals surface area (Å²) < 4.78 is 7.41. The Kier molecular flexibility index (Phi) is 3.59. The highest BCUT2D eigenvalue weighted by atomic mass is 16.5. The average Bonchev–Trinajstić information content (AvgIpc) is 2.76. The van der Waals surface area contributed by atoms with E-state index in [9.17, 15) is 4.79 Å². The maximum Gasteiger partial charge on any atom is 0.248 e. The molecule has 1 amide bonds. The fourth-order valence-corrected chi connectivity index (χ4v) is 2.16. The van der Waals surface area contributed by atoms with Gasteiger partial charge in [0.15, 0.2) is 0 Å². The first kappa shape index (κ1) is 13.2. The number of hydrogen-bond acceptors (Lipinski definition) is 4. The third-order valence-corrected chi connectivity index (χ3v) is 2.98. The Bertz CT molecular complexity index is 619. The van der Waals surface area contributed by atoms with E-state index in [4.69, 9.17) is 10.5 Å². The van der Waals surface area contributed by atoms with Crippen LogP contribution in [-0.2, 0) is 6.54 Å². The van der Waals surface area contributed by atoms with E-state index in [1.165, 1.54) is 0 Å². The third kappa shape index (κ3) is 2.21. The number of amides is 1. The van der Waals surface area contributed by atoms with Crippen LogP contribution in [0.4, 0.5) is 5.95 Å². The minimum Gasteiger partial charge on any atom is -0.494 e. The molecular formula is C13H18N4O2. The lowest BCUT2D eigenvalue weighted by Crippen LogP contribution is -2.11. The van der Waals surface area contributed by atoms with Gasteiger partial charge in [-0.25, -0.2) is 4.98 Å². The second-order valence-corrected chi connectivity index (χ2v) is 4.25. The van der Waals surface area contributed by atoms with Gasteiger partial charge in [-0.1, -0.05) is 6.92 Å². The van der Waals surface area contributed by atoms with Crippen LogP contribution in [0.15, 0.2) is 12.1 Å². The van der Waals surface area contributed by atoms with E-state index < -0.39 is 5.91 Å². The second kappa shape index (κ2) is 5.17. The number of nitrogens with one attached hydrogen (secondary N) is 1. The molecule has 0 saturated carbocycles. The molecule has 102 valence electrons. The molecule has 1 aromatic carbocycles. The Hall–Kier alpha value is -2.24. The SMILES string of the molecule is CCCn1c(NC)nc2cc(C(N)=O)cc(OC)c21. The first-order valence-corrected chi connectivity index (χ1v) is 6.18. The number of anilines is 1. The van der Waals surface area contributed by atoms with E-state index in [1.54, 1.807) is 19.2 Å². The van der Waals surface area contributed by atoms with Crippen LogP contribution in [0.1, 0.15) is 23.7 Å². The molecule has 2 rings (SSSR count). The van der Waals surface area contributed by atoms with Crippen LogP contribution in [-0.4, -0.2) is 29.6 Å². The Balaban J connectivity index is 2.76. The number of hydrogen-bond donors (Lipinski definition) is 2. The van der Waals surface area contributed by atoms with Crippen molar-refractivity contribution in [1.82, 2.24) is 9.55 Å². The molecule has 0 bridgehead atoms. The number of fused-ring (bicyclic) bond motifs is 1. The summed E-state index contributed by atoms with van der Waals surface area (Å²) in [4.78, 5) is 15.8. The van der Waals surface area contributed by atoms with Crippen molar-refractivity contribution >= 4 is 22.9 Å². The molecule has 0 aliphatic rings. The average molecular weight is 262 g/mol. The molecule has 0 unspecified atom stereocenters. The van der Waals surface area contributed by atoms with Crippen molar-refractivity contribution in [3.05, 3.63) is 17.7 Å². The highest BCUT2D eigenvalue weighted by molar-refractivity contribution is 5.98. The number of benzene rings is 1. The fourth-order valence-electron chi connectivity index (χ4n) is 2.16. The maximum absolute atomic E-state index is 11.3. The molecule has 0 saturated heterocycles. The standard InChI is InChI=1S/C13H18N4O2/c1-4-5-17-11-9(16-13(17)15-2)6-8(12(14)18)7-10(11)19-3/h6-7H,4-5H2,1-3H3,(H2,14,18)(H,15,16).